The third kappa shape index (κ3) is 4.04. The quantitative estimate of drug-likeness (QED) is 0.868. The molecule has 0 unspecified atom stereocenters. The number of nitrogens with one attached hydrogen (secondary N) is 1. The summed E-state index contributed by atoms with van der Waals surface area (Å²) in [5.41, 5.74) is 1.05. The fourth-order valence-corrected chi connectivity index (χ4v) is 1.46. The van der Waals surface area contributed by atoms with Crippen LogP contribution < -0.4 is 10.1 Å². The van der Waals surface area contributed by atoms with Crippen molar-refractivity contribution in [3.05, 3.63) is 29.8 Å². The smallest absolute Gasteiger partial charge is 0.236 e. The molecular formula is C13H18BrNO2. The second-order valence-corrected chi connectivity index (χ2v) is 6.42. The zero-order valence-corrected chi connectivity index (χ0v) is 12.2. The summed E-state index contributed by atoms with van der Waals surface area (Å²) in [5, 5.41) is 2.95. The number of alkyl halides is 1. The number of ether oxygens (including phenoxy) is 1. The summed E-state index contributed by atoms with van der Waals surface area (Å²) in [6.07, 6.45) is 0. The Balaban J connectivity index is 2.70. The van der Waals surface area contributed by atoms with Crippen LogP contribution in [0, 0.1) is 0 Å². The number of amides is 1. The molecule has 0 aliphatic rings. The third-order valence-electron chi connectivity index (χ3n) is 2.50. The summed E-state index contributed by atoms with van der Waals surface area (Å²) in [5.74, 6) is 0.786. The first-order valence-corrected chi connectivity index (χ1v) is 6.27. The Kier molecular flexibility index (Phi) is 4.57. The summed E-state index contributed by atoms with van der Waals surface area (Å²) < 4.78 is 4.54. The maximum atomic E-state index is 11.8. The highest BCUT2D eigenvalue weighted by molar-refractivity contribution is 9.10. The standard InChI is InChI=1S/C13H18BrNO2/c1-9(15-12(16)13(2,3)14)10-5-7-11(17-4)8-6-10/h5-9H,1-4H3,(H,15,16)/t9-/m1/s1. The van der Waals surface area contributed by atoms with Gasteiger partial charge < -0.3 is 10.1 Å². The Hall–Kier alpha value is -1.03. The van der Waals surface area contributed by atoms with E-state index in [0.29, 0.717) is 0 Å². The minimum Gasteiger partial charge on any atom is -0.497 e. The molecule has 1 rings (SSSR count). The molecule has 0 aromatic heterocycles. The van der Waals surface area contributed by atoms with Crippen LogP contribution in [0.2, 0.25) is 0 Å². The van der Waals surface area contributed by atoms with Crippen molar-refractivity contribution in [1.82, 2.24) is 5.32 Å². The molecule has 0 aliphatic carbocycles. The first-order chi connectivity index (χ1) is 7.84. The van der Waals surface area contributed by atoms with Crippen molar-refractivity contribution in [1.29, 1.82) is 0 Å². The van der Waals surface area contributed by atoms with Crippen molar-refractivity contribution in [2.75, 3.05) is 7.11 Å². The topological polar surface area (TPSA) is 38.3 Å². The average molecular weight is 300 g/mol. The van der Waals surface area contributed by atoms with Crippen LogP contribution in [0.15, 0.2) is 24.3 Å². The highest BCUT2D eigenvalue weighted by Gasteiger charge is 2.24. The molecule has 17 heavy (non-hydrogen) atoms. The van der Waals surface area contributed by atoms with Gasteiger partial charge in [0.25, 0.3) is 0 Å². The van der Waals surface area contributed by atoms with Gasteiger partial charge in [0.05, 0.1) is 17.5 Å². The lowest BCUT2D eigenvalue weighted by Crippen LogP contribution is -2.38. The molecule has 1 amide bonds. The zero-order valence-electron chi connectivity index (χ0n) is 10.6. The summed E-state index contributed by atoms with van der Waals surface area (Å²) >= 11 is 3.34. The van der Waals surface area contributed by atoms with Gasteiger partial charge in [-0.25, -0.2) is 0 Å². The van der Waals surface area contributed by atoms with E-state index in [-0.39, 0.29) is 11.9 Å². The Labute approximate surface area is 111 Å². The van der Waals surface area contributed by atoms with E-state index in [1.165, 1.54) is 0 Å². The number of hydrogen-bond acceptors (Lipinski definition) is 2. The molecule has 0 saturated heterocycles. The lowest BCUT2D eigenvalue weighted by atomic mass is 10.1. The van der Waals surface area contributed by atoms with Crippen molar-refractivity contribution in [2.45, 2.75) is 31.1 Å². The molecule has 3 nitrogen and oxygen atoms in total. The SMILES string of the molecule is COc1ccc([C@@H](C)NC(=O)C(C)(C)Br)cc1. The number of carbonyl (C=O) groups excluding carboxylic acids is 1. The van der Waals surface area contributed by atoms with Crippen LogP contribution in [0.4, 0.5) is 0 Å². The van der Waals surface area contributed by atoms with Crippen LogP contribution in [-0.4, -0.2) is 17.3 Å². The van der Waals surface area contributed by atoms with Gasteiger partial charge in [0.2, 0.25) is 5.91 Å². The number of hydrogen-bond donors (Lipinski definition) is 1. The molecule has 4 heteroatoms. The van der Waals surface area contributed by atoms with Crippen molar-refractivity contribution < 1.29 is 9.53 Å². The molecule has 1 aromatic carbocycles. The van der Waals surface area contributed by atoms with E-state index in [9.17, 15) is 4.79 Å². The molecule has 0 bridgehead atoms. The molecule has 1 N–H and O–H groups in total. The highest BCUT2D eigenvalue weighted by atomic mass is 79.9. The van der Waals surface area contributed by atoms with E-state index in [1.54, 1.807) is 7.11 Å². The number of methoxy groups -OCH3 is 1. The predicted molar refractivity (Wildman–Crippen MR) is 72.6 cm³/mol. The van der Waals surface area contributed by atoms with Gasteiger partial charge in [-0.05, 0) is 38.5 Å². The van der Waals surface area contributed by atoms with Crippen molar-refractivity contribution in [3.63, 3.8) is 0 Å². The second-order valence-electron chi connectivity index (χ2n) is 4.44. The van der Waals surface area contributed by atoms with Crippen LogP contribution in [0.25, 0.3) is 0 Å². The molecule has 0 saturated carbocycles. The molecule has 0 radical (unpaired) electrons. The van der Waals surface area contributed by atoms with E-state index >= 15 is 0 Å². The summed E-state index contributed by atoms with van der Waals surface area (Å²) in [7, 11) is 1.63. The van der Waals surface area contributed by atoms with Crippen molar-refractivity contribution >= 4 is 21.8 Å². The van der Waals surface area contributed by atoms with E-state index in [0.717, 1.165) is 11.3 Å². The van der Waals surface area contributed by atoms with Gasteiger partial charge in [-0.15, -0.1) is 0 Å². The Morgan fingerprint density at radius 2 is 1.88 bits per heavy atom. The monoisotopic (exact) mass is 299 g/mol. The molecule has 1 atom stereocenters. The number of benzene rings is 1. The van der Waals surface area contributed by atoms with E-state index in [1.807, 2.05) is 45.0 Å². The maximum absolute atomic E-state index is 11.8. The molecule has 1 aromatic rings. The van der Waals surface area contributed by atoms with Crippen LogP contribution in [0.1, 0.15) is 32.4 Å². The number of carbonyl (C=O) groups is 1. The third-order valence-corrected chi connectivity index (χ3v) is 2.86. The minimum absolute atomic E-state index is 0.0229. The average Bonchev–Trinajstić information content (AvgIpc) is 2.27. The Morgan fingerprint density at radius 3 is 2.29 bits per heavy atom. The van der Waals surface area contributed by atoms with Gasteiger partial charge in [0.1, 0.15) is 5.75 Å². The van der Waals surface area contributed by atoms with Crippen LogP contribution in [-0.2, 0) is 4.79 Å². The maximum Gasteiger partial charge on any atom is 0.236 e. The molecular weight excluding hydrogens is 282 g/mol. The Morgan fingerprint density at radius 1 is 1.35 bits per heavy atom. The van der Waals surface area contributed by atoms with Crippen molar-refractivity contribution in [2.24, 2.45) is 0 Å². The van der Waals surface area contributed by atoms with Gasteiger partial charge in [-0.2, -0.15) is 0 Å². The molecule has 0 aliphatic heterocycles. The van der Waals surface area contributed by atoms with Gasteiger partial charge in [-0.1, -0.05) is 28.1 Å². The Bertz CT molecular complexity index is 381. The lowest BCUT2D eigenvalue weighted by Gasteiger charge is -2.20. The van der Waals surface area contributed by atoms with E-state index in [2.05, 4.69) is 21.2 Å². The normalized spacial score (nSPS) is 13.0. The fraction of sp³-hybridized carbons (Fsp3) is 0.462. The molecule has 94 valence electrons. The van der Waals surface area contributed by atoms with Gasteiger partial charge in [0.15, 0.2) is 0 Å². The van der Waals surface area contributed by atoms with Gasteiger partial charge >= 0.3 is 0 Å². The van der Waals surface area contributed by atoms with Crippen molar-refractivity contribution in [3.8, 4) is 5.75 Å². The molecule has 0 spiro atoms. The lowest BCUT2D eigenvalue weighted by molar-refractivity contribution is -0.123. The molecule has 0 fully saturated rings. The summed E-state index contributed by atoms with van der Waals surface area (Å²) in [6, 6.07) is 7.65. The van der Waals surface area contributed by atoms with E-state index in [4.69, 9.17) is 4.74 Å². The fourth-order valence-electron chi connectivity index (χ4n) is 1.34. The predicted octanol–water partition coefficient (Wildman–Crippen LogP) is 3.05. The largest absolute Gasteiger partial charge is 0.497 e. The molecule has 0 heterocycles. The first-order valence-electron chi connectivity index (χ1n) is 5.48. The van der Waals surface area contributed by atoms with Crippen LogP contribution in [0.3, 0.4) is 0 Å². The first kappa shape index (κ1) is 14.0. The minimum atomic E-state index is -0.548. The van der Waals surface area contributed by atoms with Gasteiger partial charge in [-0.3, -0.25) is 4.79 Å². The highest BCUT2D eigenvalue weighted by Crippen LogP contribution is 2.20. The van der Waals surface area contributed by atoms with Gasteiger partial charge in [0, 0.05) is 0 Å². The number of halogens is 1. The second kappa shape index (κ2) is 5.54. The van der Waals surface area contributed by atoms with Crippen LogP contribution >= 0.6 is 15.9 Å². The summed E-state index contributed by atoms with van der Waals surface area (Å²) in [4.78, 5) is 11.8. The van der Waals surface area contributed by atoms with Crippen LogP contribution in [0.5, 0.6) is 5.75 Å². The number of rotatable bonds is 4. The zero-order chi connectivity index (χ0) is 13.1. The van der Waals surface area contributed by atoms with E-state index < -0.39 is 4.32 Å². The summed E-state index contributed by atoms with van der Waals surface area (Å²) in [6.45, 7) is 5.60.